The average Bonchev–Trinajstić information content (AvgIpc) is 2.79. The molecule has 0 amide bonds. The lowest BCUT2D eigenvalue weighted by molar-refractivity contribution is -0.139. The van der Waals surface area contributed by atoms with Crippen LogP contribution in [0.4, 0.5) is 5.69 Å². The van der Waals surface area contributed by atoms with Gasteiger partial charge in [-0.15, -0.1) is 0 Å². The van der Waals surface area contributed by atoms with Gasteiger partial charge in [-0.3, -0.25) is 9.59 Å². The van der Waals surface area contributed by atoms with Crippen LogP contribution in [0.2, 0.25) is 0 Å². The summed E-state index contributed by atoms with van der Waals surface area (Å²) >= 11 is 0. The molecule has 0 atom stereocenters. The molecule has 0 bridgehead atoms. The summed E-state index contributed by atoms with van der Waals surface area (Å²) in [6.45, 7) is 3.44. The van der Waals surface area contributed by atoms with E-state index in [9.17, 15) is 19.5 Å². The van der Waals surface area contributed by atoms with Crippen LogP contribution < -0.4 is 15.5 Å². The Bertz CT molecular complexity index is 1180. The van der Waals surface area contributed by atoms with Gasteiger partial charge in [-0.05, 0) is 43.2 Å². The number of hydrogen-bond donors (Lipinski definition) is 2. The number of hydrogen-bond acceptors (Lipinski definition) is 6. The van der Waals surface area contributed by atoms with E-state index in [1.807, 2.05) is 31.2 Å². The molecule has 2 aromatic carbocycles. The van der Waals surface area contributed by atoms with Crippen molar-refractivity contribution in [3.63, 3.8) is 0 Å². The van der Waals surface area contributed by atoms with Gasteiger partial charge in [0.1, 0.15) is 11.3 Å². The molecule has 32 heavy (non-hydrogen) atoms. The van der Waals surface area contributed by atoms with Crippen molar-refractivity contribution in [3.05, 3.63) is 70.0 Å². The maximum Gasteiger partial charge on any atom is 0.341 e. The van der Waals surface area contributed by atoms with E-state index in [2.05, 4.69) is 5.32 Å². The Kier molecular flexibility index (Phi) is 7.49. The van der Waals surface area contributed by atoms with Gasteiger partial charge in [0.15, 0.2) is 0 Å². The third-order valence-electron chi connectivity index (χ3n) is 5.04. The summed E-state index contributed by atoms with van der Waals surface area (Å²) in [5.74, 6) is -0.989. The van der Waals surface area contributed by atoms with E-state index in [-0.39, 0.29) is 18.0 Å². The molecule has 168 valence electrons. The second-order valence-electron chi connectivity index (χ2n) is 7.20. The maximum absolute atomic E-state index is 12.5. The summed E-state index contributed by atoms with van der Waals surface area (Å²) in [4.78, 5) is 35.4. The minimum atomic E-state index is -1.24. The number of nitrogens with one attached hydrogen (secondary N) is 1. The number of carbonyl (C=O) groups is 2. The third-order valence-corrected chi connectivity index (χ3v) is 5.04. The lowest BCUT2D eigenvalue weighted by atomic mass is 10.1. The number of para-hydroxylation sites is 1. The molecule has 0 aliphatic rings. The number of rotatable bonds is 10. The number of methoxy groups -OCH3 is 1. The van der Waals surface area contributed by atoms with Gasteiger partial charge in [0.2, 0.25) is 5.43 Å². The number of pyridine rings is 1. The first-order valence-electron chi connectivity index (χ1n) is 10.4. The Labute approximate surface area is 185 Å². The number of esters is 1. The molecule has 3 rings (SSSR count). The van der Waals surface area contributed by atoms with Crippen LogP contribution in [0.3, 0.4) is 0 Å². The largest absolute Gasteiger partial charge is 0.491 e. The van der Waals surface area contributed by atoms with Crippen molar-refractivity contribution in [2.75, 3.05) is 25.6 Å². The SMILES string of the molecule is CCn1cc(C(=O)O)c(=O)c2cccc(OCCCNc3cccc(CC(=O)OC)c3)c21. The normalized spacial score (nSPS) is 10.7. The fraction of sp³-hybridized carbons (Fsp3) is 0.292. The molecule has 0 unspecified atom stereocenters. The van der Waals surface area contributed by atoms with Crippen molar-refractivity contribution in [1.29, 1.82) is 0 Å². The zero-order chi connectivity index (χ0) is 23.1. The van der Waals surface area contributed by atoms with Gasteiger partial charge in [0.25, 0.3) is 0 Å². The minimum Gasteiger partial charge on any atom is -0.491 e. The van der Waals surface area contributed by atoms with Crippen LogP contribution in [-0.2, 0) is 22.5 Å². The van der Waals surface area contributed by atoms with E-state index < -0.39 is 11.4 Å². The number of carboxylic acids is 1. The van der Waals surface area contributed by atoms with Crippen molar-refractivity contribution in [2.24, 2.45) is 0 Å². The monoisotopic (exact) mass is 438 g/mol. The van der Waals surface area contributed by atoms with Crippen LogP contribution in [-0.4, -0.2) is 41.9 Å². The first-order chi connectivity index (χ1) is 15.4. The number of aryl methyl sites for hydroxylation is 1. The van der Waals surface area contributed by atoms with Crippen LogP contribution in [0.15, 0.2) is 53.5 Å². The van der Waals surface area contributed by atoms with Gasteiger partial charge in [-0.2, -0.15) is 0 Å². The highest BCUT2D eigenvalue weighted by atomic mass is 16.5. The number of benzene rings is 2. The number of fused-ring (bicyclic) bond motifs is 1. The van der Waals surface area contributed by atoms with Crippen molar-refractivity contribution in [2.45, 2.75) is 26.3 Å². The summed E-state index contributed by atoms with van der Waals surface area (Å²) in [7, 11) is 1.37. The fourth-order valence-corrected chi connectivity index (χ4v) is 3.46. The molecule has 0 aliphatic carbocycles. The second kappa shape index (κ2) is 10.5. The number of nitrogens with zero attached hydrogens (tertiary/aromatic N) is 1. The standard InChI is InChI=1S/C24H26N2O6/c1-3-26-15-19(24(29)30)23(28)18-9-5-10-20(22(18)26)32-12-6-11-25-17-8-4-7-16(13-17)14-21(27)31-2/h4-5,7-10,13,15,25H,3,6,11-12,14H2,1-2H3,(H,29,30). The zero-order valence-electron chi connectivity index (χ0n) is 18.1. The highest BCUT2D eigenvalue weighted by molar-refractivity contribution is 5.94. The second-order valence-corrected chi connectivity index (χ2v) is 7.20. The fourth-order valence-electron chi connectivity index (χ4n) is 3.46. The van der Waals surface area contributed by atoms with Crippen LogP contribution in [0.1, 0.15) is 29.3 Å². The Morgan fingerprint density at radius 2 is 1.94 bits per heavy atom. The topological polar surface area (TPSA) is 107 Å². The Balaban J connectivity index is 1.64. The molecular formula is C24H26N2O6. The average molecular weight is 438 g/mol. The van der Waals surface area contributed by atoms with E-state index in [1.54, 1.807) is 22.8 Å². The lowest BCUT2D eigenvalue weighted by Gasteiger charge is -2.15. The number of anilines is 1. The quantitative estimate of drug-likeness (QED) is 0.369. The van der Waals surface area contributed by atoms with Crippen LogP contribution >= 0.6 is 0 Å². The van der Waals surface area contributed by atoms with Gasteiger partial charge >= 0.3 is 11.9 Å². The lowest BCUT2D eigenvalue weighted by Crippen LogP contribution is -2.19. The molecule has 1 aromatic heterocycles. The highest BCUT2D eigenvalue weighted by Crippen LogP contribution is 2.24. The van der Waals surface area contributed by atoms with E-state index in [1.165, 1.54) is 13.3 Å². The highest BCUT2D eigenvalue weighted by Gasteiger charge is 2.16. The Hall–Kier alpha value is -3.81. The maximum atomic E-state index is 12.5. The van der Waals surface area contributed by atoms with Crippen molar-refractivity contribution >= 4 is 28.5 Å². The molecular weight excluding hydrogens is 412 g/mol. The summed E-state index contributed by atoms with van der Waals surface area (Å²) in [5.41, 5.74) is 1.59. The van der Waals surface area contributed by atoms with E-state index in [4.69, 9.17) is 9.47 Å². The molecule has 0 aliphatic heterocycles. The molecule has 0 fully saturated rings. The Morgan fingerprint density at radius 3 is 2.66 bits per heavy atom. The van der Waals surface area contributed by atoms with Crippen molar-refractivity contribution in [3.8, 4) is 5.75 Å². The first-order valence-corrected chi connectivity index (χ1v) is 10.4. The molecule has 0 saturated carbocycles. The predicted molar refractivity (Wildman–Crippen MR) is 122 cm³/mol. The molecule has 8 heteroatoms. The van der Waals surface area contributed by atoms with Gasteiger partial charge in [-0.25, -0.2) is 4.79 Å². The molecule has 1 heterocycles. The van der Waals surface area contributed by atoms with Gasteiger partial charge in [-0.1, -0.05) is 18.2 Å². The zero-order valence-corrected chi connectivity index (χ0v) is 18.1. The molecule has 0 spiro atoms. The van der Waals surface area contributed by atoms with Gasteiger partial charge in [0.05, 0.1) is 31.0 Å². The predicted octanol–water partition coefficient (Wildman–Crippen LogP) is 3.32. The van der Waals surface area contributed by atoms with Gasteiger partial charge in [0, 0.05) is 25.0 Å². The van der Waals surface area contributed by atoms with Crippen molar-refractivity contribution < 1.29 is 24.2 Å². The van der Waals surface area contributed by atoms with E-state index >= 15 is 0 Å². The van der Waals surface area contributed by atoms with E-state index in [0.29, 0.717) is 42.8 Å². The number of ether oxygens (including phenoxy) is 2. The number of aromatic nitrogens is 1. The van der Waals surface area contributed by atoms with E-state index in [0.717, 1.165) is 11.3 Å². The number of carbonyl (C=O) groups excluding carboxylic acids is 1. The molecule has 8 nitrogen and oxygen atoms in total. The van der Waals surface area contributed by atoms with Gasteiger partial charge < -0.3 is 24.5 Å². The summed E-state index contributed by atoms with van der Waals surface area (Å²) < 4.78 is 12.4. The number of carboxylic acid groups (broad SMARTS) is 1. The first kappa shape index (κ1) is 22.9. The summed E-state index contributed by atoms with van der Waals surface area (Å²) in [5, 5.41) is 12.9. The molecule has 3 aromatic rings. The molecule has 0 radical (unpaired) electrons. The summed E-state index contributed by atoms with van der Waals surface area (Å²) in [6, 6.07) is 12.7. The molecule has 0 saturated heterocycles. The smallest absolute Gasteiger partial charge is 0.341 e. The Morgan fingerprint density at radius 1 is 1.16 bits per heavy atom. The summed E-state index contributed by atoms with van der Waals surface area (Å²) in [6.07, 6.45) is 2.28. The van der Waals surface area contributed by atoms with Crippen LogP contribution in [0, 0.1) is 0 Å². The van der Waals surface area contributed by atoms with Crippen molar-refractivity contribution in [1.82, 2.24) is 4.57 Å². The number of aromatic carboxylic acids is 1. The van der Waals surface area contributed by atoms with Crippen LogP contribution in [0.5, 0.6) is 5.75 Å². The molecule has 2 N–H and O–H groups in total. The minimum absolute atomic E-state index is 0.221. The van der Waals surface area contributed by atoms with Crippen LogP contribution in [0.25, 0.3) is 10.9 Å². The third kappa shape index (κ3) is 5.26.